The molecule has 0 saturated heterocycles. The summed E-state index contributed by atoms with van der Waals surface area (Å²) in [4.78, 5) is 38.7. The molecule has 7 nitrogen and oxygen atoms in total. The van der Waals surface area contributed by atoms with Crippen molar-refractivity contribution in [2.24, 2.45) is 0 Å². The van der Waals surface area contributed by atoms with Crippen LogP contribution >= 0.6 is 39.1 Å². The van der Waals surface area contributed by atoms with Gasteiger partial charge in [-0.15, -0.1) is 0 Å². The highest BCUT2D eigenvalue weighted by Crippen LogP contribution is 2.28. The number of aromatic nitrogens is 1. The lowest BCUT2D eigenvalue weighted by Gasteiger charge is -2.14. The van der Waals surface area contributed by atoms with Gasteiger partial charge in [0.25, 0.3) is 5.91 Å². The first kappa shape index (κ1) is 24.8. The first-order valence-corrected chi connectivity index (χ1v) is 11.9. The van der Waals surface area contributed by atoms with Crippen LogP contribution < -0.4 is 16.1 Å². The lowest BCUT2D eigenvalue weighted by atomic mass is 10.1. The van der Waals surface area contributed by atoms with Gasteiger partial charge in [0.15, 0.2) is 0 Å². The van der Waals surface area contributed by atoms with E-state index >= 15 is 0 Å². The second-order valence-corrected chi connectivity index (χ2v) is 9.62. The molecule has 3 aromatic carbocycles. The molecule has 0 unspecified atom stereocenters. The Bertz CT molecular complexity index is 1500. The van der Waals surface area contributed by atoms with Crippen molar-refractivity contribution in [3.05, 3.63) is 92.0 Å². The van der Waals surface area contributed by atoms with Gasteiger partial charge in [-0.25, -0.2) is 4.68 Å². The van der Waals surface area contributed by atoms with E-state index in [9.17, 15) is 14.4 Å². The van der Waals surface area contributed by atoms with Crippen molar-refractivity contribution in [1.82, 2.24) is 4.68 Å². The van der Waals surface area contributed by atoms with Crippen LogP contribution in [0.5, 0.6) is 0 Å². The van der Waals surface area contributed by atoms with Gasteiger partial charge in [-0.2, -0.15) is 0 Å². The van der Waals surface area contributed by atoms with Gasteiger partial charge < -0.3 is 10.6 Å². The van der Waals surface area contributed by atoms with Gasteiger partial charge in [-0.05, 0) is 73.5 Å². The molecule has 35 heavy (non-hydrogen) atoms. The van der Waals surface area contributed by atoms with Crippen molar-refractivity contribution < 1.29 is 14.4 Å². The van der Waals surface area contributed by atoms with Crippen molar-refractivity contribution in [2.45, 2.75) is 13.8 Å². The Morgan fingerprint density at radius 2 is 1.60 bits per heavy atom. The molecular weight excluding hydrogens is 555 g/mol. The van der Waals surface area contributed by atoms with Crippen LogP contribution in [0.25, 0.3) is 10.9 Å². The normalized spacial score (nSPS) is 10.8. The Morgan fingerprint density at radius 1 is 0.829 bits per heavy atom. The maximum atomic E-state index is 13.2. The topological polar surface area (TPSA) is 92.2 Å². The van der Waals surface area contributed by atoms with E-state index in [1.54, 1.807) is 42.5 Å². The number of benzene rings is 3. The fourth-order valence-electron chi connectivity index (χ4n) is 3.45. The van der Waals surface area contributed by atoms with Crippen LogP contribution in [0, 0.1) is 13.8 Å². The zero-order valence-electron chi connectivity index (χ0n) is 18.6. The number of amides is 3. The second-order valence-electron chi connectivity index (χ2n) is 7.86. The third kappa shape index (κ3) is 5.51. The summed E-state index contributed by atoms with van der Waals surface area (Å²) in [5, 5.41) is 6.68. The predicted octanol–water partition coefficient (Wildman–Crippen LogP) is 6.29. The number of fused-ring (bicyclic) bond motifs is 1. The molecule has 4 aromatic rings. The highest BCUT2D eigenvalue weighted by Gasteiger charge is 2.22. The van der Waals surface area contributed by atoms with E-state index in [4.69, 9.17) is 23.2 Å². The van der Waals surface area contributed by atoms with E-state index in [-0.39, 0.29) is 10.7 Å². The number of carbonyl (C=O) groups is 3. The van der Waals surface area contributed by atoms with E-state index < -0.39 is 17.7 Å². The number of aryl methyl sites for hydroxylation is 2. The van der Waals surface area contributed by atoms with Gasteiger partial charge in [0, 0.05) is 20.6 Å². The van der Waals surface area contributed by atoms with Crippen LogP contribution in [0.4, 0.5) is 11.4 Å². The van der Waals surface area contributed by atoms with E-state index in [0.29, 0.717) is 27.3 Å². The van der Waals surface area contributed by atoms with Crippen molar-refractivity contribution in [3.63, 3.8) is 0 Å². The summed E-state index contributed by atoms with van der Waals surface area (Å²) in [5.41, 5.74) is 5.77. The molecule has 1 heterocycles. The van der Waals surface area contributed by atoms with Crippen molar-refractivity contribution in [1.29, 1.82) is 0 Å². The molecule has 0 saturated carbocycles. The summed E-state index contributed by atoms with van der Waals surface area (Å²) in [6.07, 6.45) is 0. The summed E-state index contributed by atoms with van der Waals surface area (Å²) in [7, 11) is 0. The summed E-state index contributed by atoms with van der Waals surface area (Å²) in [5.74, 6) is -2.36. The van der Waals surface area contributed by atoms with Crippen LogP contribution in [-0.2, 0) is 9.59 Å². The lowest BCUT2D eigenvalue weighted by Crippen LogP contribution is -2.36. The summed E-state index contributed by atoms with van der Waals surface area (Å²) < 4.78 is 2.06. The van der Waals surface area contributed by atoms with Gasteiger partial charge in [-0.3, -0.25) is 19.8 Å². The largest absolute Gasteiger partial charge is 0.328 e. The number of rotatable bonds is 4. The van der Waals surface area contributed by atoms with E-state index in [0.717, 1.165) is 15.6 Å². The molecular formula is C25H19BrCl2N4O3. The standard InChI is InChI=1S/C25H19BrCl2N4O3/c1-13-3-4-14(2)20(9-13)30-24(34)25(35)31-32-21-8-5-16(26)10-15(21)11-22(32)23(33)29-19-7-6-17(27)12-18(19)28/h3-12H,1-2H3,(H,29,33)(H,30,34)(H,31,35). The zero-order chi connectivity index (χ0) is 25.3. The molecule has 0 aliphatic rings. The van der Waals surface area contributed by atoms with Crippen LogP contribution in [0.15, 0.2) is 65.1 Å². The van der Waals surface area contributed by atoms with Crippen molar-refractivity contribution in [2.75, 3.05) is 16.1 Å². The number of hydrogen-bond acceptors (Lipinski definition) is 3. The molecule has 0 bridgehead atoms. The number of hydrogen-bond donors (Lipinski definition) is 3. The zero-order valence-corrected chi connectivity index (χ0v) is 21.7. The van der Waals surface area contributed by atoms with Crippen LogP contribution in [0.1, 0.15) is 21.6 Å². The molecule has 10 heteroatoms. The maximum absolute atomic E-state index is 13.2. The molecule has 0 atom stereocenters. The molecule has 3 amide bonds. The van der Waals surface area contributed by atoms with Crippen LogP contribution in [0.2, 0.25) is 10.0 Å². The molecule has 3 N–H and O–H groups in total. The first-order chi connectivity index (χ1) is 16.6. The lowest BCUT2D eigenvalue weighted by molar-refractivity contribution is -0.133. The summed E-state index contributed by atoms with van der Waals surface area (Å²) in [6.45, 7) is 3.71. The highest BCUT2D eigenvalue weighted by molar-refractivity contribution is 9.10. The average Bonchev–Trinajstić information content (AvgIpc) is 3.15. The highest BCUT2D eigenvalue weighted by atomic mass is 79.9. The third-order valence-corrected chi connectivity index (χ3v) is 6.28. The number of anilines is 2. The van der Waals surface area contributed by atoms with Gasteiger partial charge in [0.1, 0.15) is 5.69 Å². The Kier molecular flexibility index (Phi) is 7.16. The van der Waals surface area contributed by atoms with E-state index in [1.807, 2.05) is 26.0 Å². The third-order valence-electron chi connectivity index (χ3n) is 5.24. The Balaban J connectivity index is 1.65. The predicted molar refractivity (Wildman–Crippen MR) is 143 cm³/mol. The Morgan fingerprint density at radius 3 is 2.34 bits per heavy atom. The molecule has 0 radical (unpaired) electrons. The van der Waals surface area contributed by atoms with Gasteiger partial charge in [0.2, 0.25) is 0 Å². The number of nitrogens with one attached hydrogen (secondary N) is 3. The van der Waals surface area contributed by atoms with Gasteiger partial charge >= 0.3 is 11.8 Å². The van der Waals surface area contributed by atoms with E-state index in [2.05, 4.69) is 32.0 Å². The Labute approximate surface area is 219 Å². The van der Waals surface area contributed by atoms with E-state index in [1.165, 1.54) is 10.7 Å². The minimum atomic E-state index is -0.940. The number of nitrogens with zero attached hydrogens (tertiary/aromatic N) is 1. The molecule has 0 aliphatic heterocycles. The Hall–Kier alpha value is -3.33. The first-order valence-electron chi connectivity index (χ1n) is 10.4. The molecule has 178 valence electrons. The second kappa shape index (κ2) is 10.1. The smallest absolute Gasteiger partial charge is 0.319 e. The fraction of sp³-hybridized carbons (Fsp3) is 0.0800. The minimum absolute atomic E-state index is 0.0944. The fourth-order valence-corrected chi connectivity index (χ4v) is 4.29. The van der Waals surface area contributed by atoms with Gasteiger partial charge in [0.05, 0.1) is 16.2 Å². The van der Waals surface area contributed by atoms with Crippen molar-refractivity contribution >= 4 is 79.1 Å². The monoisotopic (exact) mass is 572 g/mol. The average molecular weight is 574 g/mol. The molecule has 0 fully saturated rings. The minimum Gasteiger partial charge on any atom is -0.319 e. The molecule has 4 rings (SSSR count). The number of carbonyl (C=O) groups excluding carboxylic acids is 3. The number of halogens is 3. The molecule has 1 aromatic heterocycles. The summed E-state index contributed by atoms with van der Waals surface area (Å²) in [6, 6.07) is 17.1. The summed E-state index contributed by atoms with van der Waals surface area (Å²) >= 11 is 15.5. The van der Waals surface area contributed by atoms with Crippen LogP contribution in [-0.4, -0.2) is 22.4 Å². The SMILES string of the molecule is Cc1ccc(C)c(NC(=O)C(=O)Nn2c(C(=O)Nc3ccc(Cl)cc3Cl)cc3cc(Br)ccc32)c1. The van der Waals surface area contributed by atoms with Crippen LogP contribution in [0.3, 0.4) is 0 Å². The maximum Gasteiger partial charge on any atom is 0.328 e. The molecule has 0 spiro atoms. The van der Waals surface area contributed by atoms with Gasteiger partial charge in [-0.1, -0.05) is 51.3 Å². The quantitative estimate of drug-likeness (QED) is 0.251. The van der Waals surface area contributed by atoms with Crippen molar-refractivity contribution in [3.8, 4) is 0 Å². The molecule has 0 aliphatic carbocycles.